The summed E-state index contributed by atoms with van der Waals surface area (Å²) in [5.74, 6) is 0.645. The molecule has 5 rings (SSSR count). The van der Waals surface area contributed by atoms with Crippen LogP contribution in [0.4, 0.5) is 17.6 Å². The quantitative estimate of drug-likeness (QED) is 0.398. The first kappa shape index (κ1) is 24.4. The molecule has 2 saturated carbocycles. The Kier molecular flexibility index (Phi) is 6.46. The third kappa shape index (κ3) is 4.50. The van der Waals surface area contributed by atoms with Crippen molar-refractivity contribution in [2.75, 3.05) is 23.9 Å². The van der Waals surface area contributed by atoms with Gasteiger partial charge in [-0.25, -0.2) is 9.97 Å². The van der Waals surface area contributed by atoms with Gasteiger partial charge in [0.1, 0.15) is 5.52 Å². The Balaban J connectivity index is 1.58. The van der Waals surface area contributed by atoms with Gasteiger partial charge in [-0.2, -0.15) is 4.98 Å². The van der Waals surface area contributed by atoms with Crippen LogP contribution in [0.1, 0.15) is 44.6 Å². The molecule has 12 heteroatoms. The lowest BCUT2D eigenvalue weighted by Crippen LogP contribution is -2.38. The summed E-state index contributed by atoms with van der Waals surface area (Å²) in [4.78, 5) is 27.8. The predicted molar refractivity (Wildman–Crippen MR) is 138 cm³/mol. The molecule has 0 bridgehead atoms. The molecule has 2 aromatic heterocycles. The highest BCUT2D eigenvalue weighted by Crippen LogP contribution is 2.43. The van der Waals surface area contributed by atoms with E-state index in [9.17, 15) is 9.90 Å². The summed E-state index contributed by atoms with van der Waals surface area (Å²) in [5, 5.41) is 14.3. The lowest BCUT2D eigenvalue weighted by molar-refractivity contribution is -0.122. The van der Waals surface area contributed by atoms with E-state index in [1.807, 2.05) is 16.5 Å². The minimum atomic E-state index is -0.316. The Hall–Kier alpha value is -2.33. The molecule has 2 aliphatic carbocycles. The lowest BCUT2D eigenvalue weighted by Gasteiger charge is -2.29. The summed E-state index contributed by atoms with van der Waals surface area (Å²) in [7, 11) is 1.90. The van der Waals surface area contributed by atoms with Gasteiger partial charge in [0.25, 0.3) is 0 Å². The van der Waals surface area contributed by atoms with E-state index in [1.165, 1.54) is 0 Å². The van der Waals surface area contributed by atoms with Crippen molar-refractivity contribution in [1.29, 1.82) is 0 Å². The molecule has 0 saturated heterocycles. The fraction of sp³-hybridized carbons (Fsp3) is 0.478. The number of amides is 1. The molecule has 3 aromatic rings. The number of hydrogen-bond acceptors (Lipinski definition) is 7. The minimum absolute atomic E-state index is 0.0312. The zero-order valence-corrected chi connectivity index (χ0v) is 21.4. The number of halogens is 3. The van der Waals surface area contributed by atoms with Crippen molar-refractivity contribution in [2.45, 2.75) is 50.1 Å². The van der Waals surface area contributed by atoms with Gasteiger partial charge in [0, 0.05) is 24.0 Å². The Labute approximate surface area is 217 Å². The van der Waals surface area contributed by atoms with Gasteiger partial charge in [0.15, 0.2) is 5.65 Å². The van der Waals surface area contributed by atoms with Crippen molar-refractivity contribution in [3.63, 3.8) is 0 Å². The van der Waals surface area contributed by atoms with Crippen molar-refractivity contribution >= 4 is 69.5 Å². The molecular formula is C23H26Cl3N7O2. The van der Waals surface area contributed by atoms with Crippen molar-refractivity contribution in [2.24, 2.45) is 11.7 Å². The Morgan fingerprint density at radius 1 is 1.20 bits per heavy atom. The summed E-state index contributed by atoms with van der Waals surface area (Å²) in [5.41, 5.74) is 6.99. The molecule has 1 amide bonds. The summed E-state index contributed by atoms with van der Waals surface area (Å²) in [6, 6.07) is 3.25. The molecule has 0 unspecified atom stereocenters. The van der Waals surface area contributed by atoms with Gasteiger partial charge in [-0.05, 0) is 50.7 Å². The van der Waals surface area contributed by atoms with Crippen LogP contribution in [0.2, 0.25) is 15.1 Å². The van der Waals surface area contributed by atoms with Crippen LogP contribution in [0.15, 0.2) is 18.3 Å². The highest BCUT2D eigenvalue weighted by molar-refractivity contribution is 6.41. The van der Waals surface area contributed by atoms with Gasteiger partial charge in [-0.3, -0.25) is 9.36 Å². The van der Waals surface area contributed by atoms with Crippen molar-refractivity contribution in [3.05, 3.63) is 33.4 Å². The van der Waals surface area contributed by atoms with Crippen molar-refractivity contribution in [1.82, 2.24) is 19.5 Å². The first-order valence-electron chi connectivity index (χ1n) is 11.5. The average molecular weight is 539 g/mol. The number of anilines is 3. The number of aliphatic hydroxyl groups is 1. The standard InChI is InChI=1S/C23H26Cl3N7O2/c1-32(23(11-34)6-7-23)21-28-10-17-20(31-21)33(14-4-2-12(3-5-14)19(27)35)22(29-17)30-18-15(25)8-13(24)9-16(18)26/h8-10,12,14,34H,2-7,11H2,1H3,(H2,27,35)(H,29,30). The number of carbonyl (C=O) groups is 1. The lowest BCUT2D eigenvalue weighted by atomic mass is 9.85. The second-order valence-electron chi connectivity index (χ2n) is 9.40. The number of aliphatic hydroxyl groups excluding tert-OH is 1. The maximum absolute atomic E-state index is 11.7. The van der Waals surface area contributed by atoms with Gasteiger partial charge in [-0.15, -0.1) is 0 Å². The van der Waals surface area contributed by atoms with Gasteiger partial charge < -0.3 is 21.1 Å². The van der Waals surface area contributed by atoms with Crippen LogP contribution < -0.4 is 16.0 Å². The largest absolute Gasteiger partial charge is 0.394 e. The van der Waals surface area contributed by atoms with Crippen LogP contribution in [0.25, 0.3) is 11.2 Å². The molecule has 0 aliphatic heterocycles. The number of nitrogens with two attached hydrogens (primary N) is 1. The number of rotatable bonds is 7. The number of fused-ring (bicyclic) bond motifs is 1. The number of imidazole rings is 1. The summed E-state index contributed by atoms with van der Waals surface area (Å²) in [6.07, 6.45) is 6.32. The summed E-state index contributed by atoms with van der Waals surface area (Å²) in [6.45, 7) is 0.0433. The number of likely N-dealkylation sites (N-methyl/N-ethyl adjacent to an activating group) is 1. The second kappa shape index (κ2) is 9.28. The first-order valence-corrected chi connectivity index (χ1v) is 12.7. The smallest absolute Gasteiger partial charge is 0.227 e. The van der Waals surface area contributed by atoms with E-state index in [0.717, 1.165) is 25.7 Å². The first-order chi connectivity index (χ1) is 16.7. The van der Waals surface area contributed by atoms with Crippen LogP contribution in [-0.4, -0.2) is 49.7 Å². The normalized spacial score (nSPS) is 21.2. The Morgan fingerprint density at radius 2 is 1.86 bits per heavy atom. The van der Waals surface area contributed by atoms with Gasteiger partial charge in [0.05, 0.1) is 34.1 Å². The monoisotopic (exact) mass is 537 g/mol. The molecule has 1 aromatic carbocycles. The molecule has 35 heavy (non-hydrogen) atoms. The van der Waals surface area contributed by atoms with Crippen LogP contribution >= 0.6 is 34.8 Å². The van der Waals surface area contributed by atoms with Crippen molar-refractivity contribution < 1.29 is 9.90 Å². The SMILES string of the molecule is CN(c1ncc2nc(Nc3c(Cl)cc(Cl)cc3Cl)n(C3CCC(C(N)=O)CC3)c2n1)C1(CO)CC1. The fourth-order valence-electron chi connectivity index (χ4n) is 4.83. The second-order valence-corrected chi connectivity index (χ2v) is 10.7. The van der Waals surface area contributed by atoms with Crippen LogP contribution in [0.5, 0.6) is 0 Å². The van der Waals surface area contributed by atoms with E-state index in [2.05, 4.69) is 10.3 Å². The topological polar surface area (TPSA) is 122 Å². The number of benzene rings is 1. The molecule has 0 spiro atoms. The number of aromatic nitrogens is 4. The molecule has 0 atom stereocenters. The maximum Gasteiger partial charge on any atom is 0.227 e. The summed E-state index contributed by atoms with van der Waals surface area (Å²) >= 11 is 19.0. The van der Waals surface area contributed by atoms with Gasteiger partial charge in [0.2, 0.25) is 17.8 Å². The van der Waals surface area contributed by atoms with Crippen LogP contribution in [-0.2, 0) is 4.79 Å². The third-order valence-corrected chi connectivity index (χ3v) is 8.08. The molecule has 4 N–H and O–H groups in total. The predicted octanol–water partition coefficient (Wildman–Crippen LogP) is 4.71. The number of primary amides is 1. The van der Waals surface area contributed by atoms with E-state index in [1.54, 1.807) is 18.3 Å². The number of carbonyl (C=O) groups excluding carboxylic acids is 1. The zero-order chi connectivity index (χ0) is 24.9. The van der Waals surface area contributed by atoms with E-state index in [0.29, 0.717) is 56.7 Å². The fourth-order valence-corrected chi connectivity index (χ4v) is 5.74. The molecule has 186 valence electrons. The molecule has 9 nitrogen and oxygen atoms in total. The van der Waals surface area contributed by atoms with E-state index in [4.69, 9.17) is 50.5 Å². The highest BCUT2D eigenvalue weighted by atomic mass is 35.5. The number of hydrogen-bond donors (Lipinski definition) is 3. The maximum atomic E-state index is 11.7. The number of nitrogens with one attached hydrogen (secondary N) is 1. The highest BCUT2D eigenvalue weighted by Gasteiger charge is 2.47. The molecule has 2 aliphatic rings. The van der Waals surface area contributed by atoms with E-state index >= 15 is 0 Å². The summed E-state index contributed by atoms with van der Waals surface area (Å²) < 4.78 is 2.03. The zero-order valence-electron chi connectivity index (χ0n) is 19.1. The Morgan fingerprint density at radius 3 is 2.43 bits per heavy atom. The molecular weight excluding hydrogens is 513 g/mol. The molecule has 0 radical (unpaired) electrons. The average Bonchev–Trinajstić information content (AvgIpc) is 3.55. The minimum Gasteiger partial charge on any atom is -0.394 e. The van der Waals surface area contributed by atoms with Crippen LogP contribution in [0.3, 0.4) is 0 Å². The third-order valence-electron chi connectivity index (χ3n) is 7.26. The van der Waals surface area contributed by atoms with Crippen LogP contribution in [0, 0.1) is 5.92 Å². The molecule has 2 heterocycles. The van der Waals surface area contributed by atoms with Crippen molar-refractivity contribution in [3.8, 4) is 0 Å². The van der Waals surface area contributed by atoms with Gasteiger partial charge >= 0.3 is 0 Å². The Bertz CT molecular complexity index is 1260. The van der Waals surface area contributed by atoms with E-state index in [-0.39, 0.29) is 30.0 Å². The van der Waals surface area contributed by atoms with E-state index < -0.39 is 0 Å². The van der Waals surface area contributed by atoms with Gasteiger partial charge in [-0.1, -0.05) is 34.8 Å². The molecule has 2 fully saturated rings. The number of nitrogens with zero attached hydrogens (tertiary/aromatic N) is 5.